The van der Waals surface area contributed by atoms with Gasteiger partial charge in [-0.2, -0.15) is 0 Å². The van der Waals surface area contributed by atoms with Gasteiger partial charge in [-0.15, -0.1) is 0 Å². The summed E-state index contributed by atoms with van der Waals surface area (Å²) in [5.41, 5.74) is 2.40. The molecule has 6 heteroatoms. The average Bonchev–Trinajstić information content (AvgIpc) is 2.84. The molecule has 2 atom stereocenters. The van der Waals surface area contributed by atoms with E-state index >= 15 is 0 Å². The Labute approximate surface area is 140 Å². The SMILES string of the molecule is Cc1noc(C)c1CCC(=O)NC(C)CC(O)c1ccc(F)cc1. The van der Waals surface area contributed by atoms with Crippen molar-refractivity contribution in [1.29, 1.82) is 0 Å². The van der Waals surface area contributed by atoms with Crippen molar-refractivity contribution in [2.75, 3.05) is 0 Å². The van der Waals surface area contributed by atoms with Gasteiger partial charge in [0.2, 0.25) is 5.91 Å². The topological polar surface area (TPSA) is 75.4 Å². The van der Waals surface area contributed by atoms with Crippen molar-refractivity contribution in [3.05, 3.63) is 52.7 Å². The molecule has 0 saturated carbocycles. The first-order chi connectivity index (χ1) is 11.4. The highest BCUT2D eigenvalue weighted by atomic mass is 19.1. The van der Waals surface area contributed by atoms with Gasteiger partial charge in [0.1, 0.15) is 11.6 Å². The van der Waals surface area contributed by atoms with Gasteiger partial charge in [-0.1, -0.05) is 17.3 Å². The highest BCUT2D eigenvalue weighted by Crippen LogP contribution is 2.19. The van der Waals surface area contributed by atoms with Crippen LogP contribution in [0.1, 0.15) is 48.5 Å². The van der Waals surface area contributed by atoms with Crippen LogP contribution in [-0.4, -0.2) is 22.2 Å². The van der Waals surface area contributed by atoms with Crippen LogP contribution in [0.2, 0.25) is 0 Å². The summed E-state index contributed by atoms with van der Waals surface area (Å²) in [4.78, 5) is 12.0. The molecule has 2 rings (SSSR count). The predicted molar refractivity (Wildman–Crippen MR) is 87.9 cm³/mol. The Balaban J connectivity index is 1.80. The zero-order valence-electron chi connectivity index (χ0n) is 14.2. The lowest BCUT2D eigenvalue weighted by Gasteiger charge is -2.18. The summed E-state index contributed by atoms with van der Waals surface area (Å²) in [5.74, 6) is 0.306. The number of carbonyl (C=O) groups is 1. The minimum absolute atomic E-state index is 0.0891. The first-order valence-electron chi connectivity index (χ1n) is 8.01. The van der Waals surface area contributed by atoms with Crippen LogP contribution in [0.25, 0.3) is 0 Å². The fraction of sp³-hybridized carbons (Fsp3) is 0.444. The standard InChI is InChI=1S/C18H23FN2O3/c1-11(10-17(22)14-4-6-15(19)7-5-14)20-18(23)9-8-16-12(2)21-24-13(16)3/h4-7,11,17,22H,8-10H2,1-3H3,(H,20,23). The van der Waals surface area contributed by atoms with Gasteiger partial charge in [0.25, 0.3) is 0 Å². The smallest absolute Gasteiger partial charge is 0.220 e. The maximum absolute atomic E-state index is 12.9. The number of hydrogen-bond acceptors (Lipinski definition) is 4. The molecule has 0 fully saturated rings. The first-order valence-corrected chi connectivity index (χ1v) is 8.01. The molecule has 0 saturated heterocycles. The normalized spacial score (nSPS) is 13.5. The van der Waals surface area contributed by atoms with Gasteiger partial charge in [-0.3, -0.25) is 4.79 Å². The fourth-order valence-electron chi connectivity index (χ4n) is 2.66. The fourth-order valence-corrected chi connectivity index (χ4v) is 2.66. The van der Waals surface area contributed by atoms with E-state index in [0.29, 0.717) is 24.8 Å². The summed E-state index contributed by atoms with van der Waals surface area (Å²) in [6.07, 6.45) is 0.520. The largest absolute Gasteiger partial charge is 0.388 e. The summed E-state index contributed by atoms with van der Waals surface area (Å²) in [6, 6.07) is 5.52. The lowest BCUT2D eigenvalue weighted by molar-refractivity contribution is -0.121. The van der Waals surface area contributed by atoms with Crippen molar-refractivity contribution in [2.45, 2.75) is 52.2 Å². The summed E-state index contributed by atoms with van der Waals surface area (Å²) in [5, 5.41) is 16.9. The first kappa shape index (κ1) is 18.1. The number of aromatic nitrogens is 1. The van der Waals surface area contributed by atoms with Crippen molar-refractivity contribution < 1.29 is 18.8 Å². The second-order valence-electron chi connectivity index (χ2n) is 6.07. The average molecular weight is 334 g/mol. The minimum atomic E-state index is -0.747. The van der Waals surface area contributed by atoms with Gasteiger partial charge in [-0.25, -0.2) is 4.39 Å². The molecule has 2 aromatic rings. The number of hydrogen-bond donors (Lipinski definition) is 2. The molecule has 0 radical (unpaired) electrons. The van der Waals surface area contributed by atoms with E-state index in [2.05, 4.69) is 10.5 Å². The second-order valence-corrected chi connectivity index (χ2v) is 6.07. The Morgan fingerprint density at radius 3 is 2.58 bits per heavy atom. The number of aliphatic hydroxyl groups excluding tert-OH is 1. The molecule has 0 aliphatic carbocycles. The van der Waals surface area contributed by atoms with Gasteiger partial charge >= 0.3 is 0 Å². The van der Waals surface area contributed by atoms with Crippen molar-refractivity contribution in [3.8, 4) is 0 Å². The molecule has 2 N–H and O–H groups in total. The summed E-state index contributed by atoms with van der Waals surface area (Å²) >= 11 is 0. The molecule has 0 bridgehead atoms. The molecule has 1 amide bonds. The maximum Gasteiger partial charge on any atom is 0.220 e. The van der Waals surface area contributed by atoms with Crippen LogP contribution in [0.4, 0.5) is 4.39 Å². The highest BCUT2D eigenvalue weighted by molar-refractivity contribution is 5.76. The molecule has 0 aliphatic heterocycles. The number of carbonyl (C=O) groups excluding carboxylic acids is 1. The number of benzene rings is 1. The molecular formula is C18H23FN2O3. The van der Waals surface area contributed by atoms with Crippen molar-refractivity contribution >= 4 is 5.91 Å². The molecule has 5 nitrogen and oxygen atoms in total. The Bertz CT molecular complexity index is 663. The van der Waals surface area contributed by atoms with Crippen molar-refractivity contribution in [2.24, 2.45) is 0 Å². The van der Waals surface area contributed by atoms with Gasteiger partial charge in [0.15, 0.2) is 0 Å². The number of amides is 1. The maximum atomic E-state index is 12.9. The third kappa shape index (κ3) is 4.89. The lowest BCUT2D eigenvalue weighted by atomic mass is 10.0. The van der Waals surface area contributed by atoms with E-state index in [1.807, 2.05) is 20.8 Å². The molecule has 1 aromatic heterocycles. The van der Waals surface area contributed by atoms with Gasteiger partial charge in [-0.05, 0) is 51.3 Å². The number of halogens is 1. The number of aliphatic hydroxyl groups is 1. The Morgan fingerprint density at radius 1 is 1.33 bits per heavy atom. The van der Waals surface area contributed by atoms with Crippen LogP contribution >= 0.6 is 0 Å². The van der Waals surface area contributed by atoms with E-state index in [4.69, 9.17) is 4.52 Å². The quantitative estimate of drug-likeness (QED) is 0.816. The predicted octanol–water partition coefficient (Wildman–Crippen LogP) is 2.99. The van der Waals surface area contributed by atoms with Gasteiger partial charge in [0, 0.05) is 18.0 Å². The third-order valence-electron chi connectivity index (χ3n) is 4.02. The third-order valence-corrected chi connectivity index (χ3v) is 4.02. The van der Waals surface area contributed by atoms with E-state index in [1.165, 1.54) is 12.1 Å². The molecule has 1 heterocycles. The molecule has 24 heavy (non-hydrogen) atoms. The van der Waals surface area contributed by atoms with Gasteiger partial charge in [0.05, 0.1) is 11.8 Å². The molecule has 1 aromatic carbocycles. The molecule has 130 valence electrons. The minimum Gasteiger partial charge on any atom is -0.388 e. The Morgan fingerprint density at radius 2 is 2.00 bits per heavy atom. The summed E-state index contributed by atoms with van der Waals surface area (Å²) in [6.45, 7) is 5.51. The zero-order chi connectivity index (χ0) is 17.7. The van der Waals surface area contributed by atoms with Crippen LogP contribution in [0, 0.1) is 19.7 Å². The van der Waals surface area contributed by atoms with Gasteiger partial charge < -0.3 is 14.9 Å². The number of rotatable bonds is 7. The van der Waals surface area contributed by atoms with E-state index in [9.17, 15) is 14.3 Å². The number of nitrogens with one attached hydrogen (secondary N) is 1. The molecule has 0 aliphatic rings. The van der Waals surface area contributed by atoms with Crippen LogP contribution < -0.4 is 5.32 Å². The molecular weight excluding hydrogens is 311 g/mol. The second kappa shape index (κ2) is 8.06. The zero-order valence-corrected chi connectivity index (χ0v) is 14.2. The monoisotopic (exact) mass is 334 g/mol. The number of aryl methyl sites for hydroxylation is 2. The van der Waals surface area contributed by atoms with E-state index < -0.39 is 6.10 Å². The molecule has 0 spiro atoms. The van der Waals surface area contributed by atoms with Crippen LogP contribution in [0.3, 0.4) is 0 Å². The van der Waals surface area contributed by atoms with Crippen molar-refractivity contribution in [3.63, 3.8) is 0 Å². The van der Waals surface area contributed by atoms with E-state index in [1.54, 1.807) is 12.1 Å². The van der Waals surface area contributed by atoms with Crippen LogP contribution in [0.5, 0.6) is 0 Å². The lowest BCUT2D eigenvalue weighted by Crippen LogP contribution is -2.33. The van der Waals surface area contributed by atoms with Crippen molar-refractivity contribution in [1.82, 2.24) is 10.5 Å². The summed E-state index contributed by atoms with van der Waals surface area (Å²) < 4.78 is 18.0. The van der Waals surface area contributed by atoms with E-state index in [0.717, 1.165) is 17.0 Å². The van der Waals surface area contributed by atoms with Crippen LogP contribution in [-0.2, 0) is 11.2 Å². The highest BCUT2D eigenvalue weighted by Gasteiger charge is 2.16. The Kier molecular flexibility index (Phi) is 6.09. The number of nitrogens with zero attached hydrogens (tertiary/aromatic N) is 1. The Hall–Kier alpha value is -2.21. The van der Waals surface area contributed by atoms with Crippen LogP contribution in [0.15, 0.2) is 28.8 Å². The molecule has 2 unspecified atom stereocenters. The van der Waals surface area contributed by atoms with E-state index in [-0.39, 0.29) is 17.8 Å². The summed E-state index contributed by atoms with van der Waals surface area (Å²) in [7, 11) is 0.